The van der Waals surface area contributed by atoms with Crippen LogP contribution in [-0.2, 0) is 28.6 Å². The molecule has 1 unspecified atom stereocenters. The van der Waals surface area contributed by atoms with Crippen molar-refractivity contribution in [2.45, 2.75) is 271 Å². The van der Waals surface area contributed by atoms with E-state index in [2.05, 4.69) is 57.2 Å². The van der Waals surface area contributed by atoms with Gasteiger partial charge in [0.05, 0.1) is 0 Å². The van der Waals surface area contributed by atoms with Crippen molar-refractivity contribution in [3.63, 3.8) is 0 Å². The Bertz CT molecular complexity index is 1000. The molecule has 0 saturated heterocycles. The first-order valence-corrected chi connectivity index (χ1v) is 25.5. The summed E-state index contributed by atoms with van der Waals surface area (Å²) in [5.41, 5.74) is 0. The van der Waals surface area contributed by atoms with Crippen molar-refractivity contribution in [1.82, 2.24) is 0 Å². The van der Waals surface area contributed by atoms with Crippen molar-refractivity contribution in [3.05, 3.63) is 36.5 Å². The molecule has 0 aliphatic carbocycles. The quantitative estimate of drug-likeness (QED) is 0.0263. The van der Waals surface area contributed by atoms with E-state index in [0.717, 1.165) is 77.0 Å². The average molecular weight is 829 g/mol. The Kier molecular flexibility index (Phi) is 46.4. The second-order valence-electron chi connectivity index (χ2n) is 17.1. The number of unbranched alkanes of at least 4 members (excludes halogenated alkanes) is 29. The molecule has 344 valence electrons. The Morgan fingerprint density at radius 3 is 1.00 bits per heavy atom. The van der Waals surface area contributed by atoms with E-state index < -0.39 is 6.10 Å². The van der Waals surface area contributed by atoms with Crippen molar-refractivity contribution >= 4 is 17.9 Å². The summed E-state index contributed by atoms with van der Waals surface area (Å²) < 4.78 is 16.7. The molecule has 0 amide bonds. The standard InChI is InChI=1S/C53H96O6/c1-4-7-10-13-16-19-21-22-23-24-25-26-27-28-29-30-32-34-37-40-43-46-52(55)58-49-50(48-57-51(54)45-42-39-36-33-18-15-12-9-6-3)59-53(56)47-44-41-38-35-31-20-17-14-11-8-5-2/h14,17,21-22,24-25,50H,4-13,15-16,18-20,23,26-49H2,1-3H3/b17-14-,22-21-,25-24-. The summed E-state index contributed by atoms with van der Waals surface area (Å²) in [5, 5.41) is 0. The van der Waals surface area contributed by atoms with Gasteiger partial charge in [0.25, 0.3) is 0 Å². The monoisotopic (exact) mass is 829 g/mol. The first kappa shape index (κ1) is 56.6. The molecule has 0 aromatic heterocycles. The molecule has 0 aromatic carbocycles. The lowest BCUT2D eigenvalue weighted by atomic mass is 10.1. The van der Waals surface area contributed by atoms with Gasteiger partial charge in [0, 0.05) is 19.3 Å². The summed E-state index contributed by atoms with van der Waals surface area (Å²) in [5.74, 6) is -0.885. The molecule has 6 nitrogen and oxygen atoms in total. The molecule has 0 N–H and O–H groups in total. The zero-order valence-corrected chi connectivity index (χ0v) is 39.3. The summed E-state index contributed by atoms with van der Waals surface area (Å²) in [6.45, 7) is 6.57. The van der Waals surface area contributed by atoms with Gasteiger partial charge in [-0.2, -0.15) is 0 Å². The topological polar surface area (TPSA) is 78.9 Å². The van der Waals surface area contributed by atoms with Gasteiger partial charge in [0.15, 0.2) is 6.10 Å². The highest BCUT2D eigenvalue weighted by atomic mass is 16.6. The number of esters is 3. The van der Waals surface area contributed by atoms with E-state index in [9.17, 15) is 14.4 Å². The molecule has 0 aliphatic rings. The zero-order valence-electron chi connectivity index (χ0n) is 39.3. The molecule has 1 atom stereocenters. The van der Waals surface area contributed by atoms with Crippen molar-refractivity contribution in [2.24, 2.45) is 0 Å². The number of rotatable bonds is 46. The highest BCUT2D eigenvalue weighted by Gasteiger charge is 2.19. The van der Waals surface area contributed by atoms with Gasteiger partial charge >= 0.3 is 17.9 Å². The molecular weight excluding hydrogens is 733 g/mol. The van der Waals surface area contributed by atoms with E-state index >= 15 is 0 Å². The highest BCUT2D eigenvalue weighted by molar-refractivity contribution is 5.71. The van der Waals surface area contributed by atoms with Crippen molar-refractivity contribution < 1.29 is 28.6 Å². The minimum atomic E-state index is -0.772. The number of carbonyl (C=O) groups excluding carboxylic acids is 3. The Morgan fingerprint density at radius 2 is 0.627 bits per heavy atom. The van der Waals surface area contributed by atoms with Crippen LogP contribution in [0.1, 0.15) is 265 Å². The van der Waals surface area contributed by atoms with Gasteiger partial charge in [0.2, 0.25) is 0 Å². The van der Waals surface area contributed by atoms with Gasteiger partial charge in [-0.3, -0.25) is 14.4 Å². The third-order valence-corrected chi connectivity index (χ3v) is 11.1. The summed E-state index contributed by atoms with van der Waals surface area (Å²) in [7, 11) is 0. The van der Waals surface area contributed by atoms with Gasteiger partial charge in [-0.25, -0.2) is 0 Å². The normalized spacial score (nSPS) is 12.3. The smallest absolute Gasteiger partial charge is 0.306 e. The minimum Gasteiger partial charge on any atom is -0.462 e. The maximum atomic E-state index is 12.7. The number of hydrogen-bond donors (Lipinski definition) is 0. The molecule has 0 bridgehead atoms. The van der Waals surface area contributed by atoms with Crippen LogP contribution in [0.5, 0.6) is 0 Å². The molecule has 6 heteroatoms. The lowest BCUT2D eigenvalue weighted by molar-refractivity contribution is -0.167. The highest BCUT2D eigenvalue weighted by Crippen LogP contribution is 2.15. The van der Waals surface area contributed by atoms with Gasteiger partial charge < -0.3 is 14.2 Å². The third kappa shape index (κ3) is 46.5. The Labute approximate surface area is 365 Å². The van der Waals surface area contributed by atoms with Crippen LogP contribution in [-0.4, -0.2) is 37.2 Å². The molecule has 0 heterocycles. The van der Waals surface area contributed by atoms with Crippen molar-refractivity contribution in [3.8, 4) is 0 Å². The van der Waals surface area contributed by atoms with Crippen molar-refractivity contribution in [2.75, 3.05) is 13.2 Å². The Balaban J connectivity index is 4.23. The van der Waals surface area contributed by atoms with Crippen molar-refractivity contribution in [1.29, 1.82) is 0 Å². The lowest BCUT2D eigenvalue weighted by Gasteiger charge is -2.18. The van der Waals surface area contributed by atoms with Gasteiger partial charge in [0.1, 0.15) is 13.2 Å². The molecule has 0 aromatic rings. The van der Waals surface area contributed by atoms with Crippen LogP contribution in [0.15, 0.2) is 36.5 Å². The van der Waals surface area contributed by atoms with E-state index in [1.54, 1.807) is 0 Å². The van der Waals surface area contributed by atoms with E-state index in [-0.39, 0.29) is 31.1 Å². The Morgan fingerprint density at radius 1 is 0.339 bits per heavy atom. The predicted molar refractivity (Wildman–Crippen MR) is 252 cm³/mol. The number of carbonyl (C=O) groups is 3. The second kappa shape index (κ2) is 48.3. The van der Waals surface area contributed by atoms with Gasteiger partial charge in [-0.15, -0.1) is 0 Å². The minimum absolute atomic E-state index is 0.0747. The van der Waals surface area contributed by atoms with E-state index in [1.807, 2.05) is 0 Å². The average Bonchev–Trinajstić information content (AvgIpc) is 3.23. The number of allylic oxidation sites excluding steroid dienone is 6. The summed E-state index contributed by atoms with van der Waals surface area (Å²) in [4.78, 5) is 37.8. The summed E-state index contributed by atoms with van der Waals surface area (Å²) in [6.07, 6.45) is 55.6. The molecular formula is C53H96O6. The molecule has 0 aliphatic heterocycles. The fraction of sp³-hybridized carbons (Fsp3) is 0.830. The maximum Gasteiger partial charge on any atom is 0.306 e. The second-order valence-corrected chi connectivity index (χ2v) is 17.1. The summed E-state index contributed by atoms with van der Waals surface area (Å²) in [6, 6.07) is 0. The van der Waals surface area contributed by atoms with Crippen LogP contribution in [0.25, 0.3) is 0 Å². The fourth-order valence-electron chi connectivity index (χ4n) is 7.22. The summed E-state index contributed by atoms with van der Waals surface area (Å²) >= 11 is 0. The van der Waals surface area contributed by atoms with E-state index in [4.69, 9.17) is 14.2 Å². The van der Waals surface area contributed by atoms with Crippen LogP contribution in [0, 0.1) is 0 Å². The van der Waals surface area contributed by atoms with Gasteiger partial charge in [-0.05, 0) is 70.6 Å². The molecule has 59 heavy (non-hydrogen) atoms. The van der Waals surface area contributed by atoms with Crippen LogP contribution in [0.2, 0.25) is 0 Å². The first-order valence-electron chi connectivity index (χ1n) is 25.5. The molecule has 0 saturated carbocycles. The fourth-order valence-corrected chi connectivity index (χ4v) is 7.22. The lowest BCUT2D eigenvalue weighted by Crippen LogP contribution is -2.30. The maximum absolute atomic E-state index is 12.7. The molecule has 0 radical (unpaired) electrons. The zero-order chi connectivity index (χ0) is 43.0. The number of ether oxygens (including phenoxy) is 3. The number of hydrogen-bond acceptors (Lipinski definition) is 6. The largest absolute Gasteiger partial charge is 0.462 e. The predicted octanol–water partition coefficient (Wildman–Crippen LogP) is 16.5. The Hall–Kier alpha value is -2.37. The van der Waals surface area contributed by atoms with E-state index in [0.29, 0.717) is 19.3 Å². The SMILES string of the molecule is CCCC/C=C\CCCCCCCC(=O)OC(COC(=O)CCCCCCCCCCC)COC(=O)CCCCCCCCCCC/C=C\C/C=C\CCCCCCC. The third-order valence-electron chi connectivity index (χ3n) is 11.1. The van der Waals surface area contributed by atoms with E-state index in [1.165, 1.54) is 148 Å². The van der Waals surface area contributed by atoms with Crippen LogP contribution < -0.4 is 0 Å². The van der Waals surface area contributed by atoms with Gasteiger partial charge in [-0.1, -0.05) is 211 Å². The molecule has 0 rings (SSSR count). The molecule has 0 fully saturated rings. The van der Waals surface area contributed by atoms with Crippen LogP contribution in [0.4, 0.5) is 0 Å². The first-order chi connectivity index (χ1) is 29.0. The van der Waals surface area contributed by atoms with Crippen LogP contribution in [0.3, 0.4) is 0 Å². The molecule has 0 spiro atoms. The van der Waals surface area contributed by atoms with Crippen LogP contribution >= 0.6 is 0 Å².